The molecule has 1 aliphatic carbocycles. The molecule has 0 saturated heterocycles. The van der Waals surface area contributed by atoms with Gasteiger partial charge in [0, 0.05) is 37.9 Å². The van der Waals surface area contributed by atoms with E-state index in [1.807, 2.05) is 13.8 Å². The van der Waals surface area contributed by atoms with Gasteiger partial charge >= 0.3 is 6.09 Å². The molecule has 0 aromatic carbocycles. The Kier molecular flexibility index (Phi) is 5.98. The lowest BCUT2D eigenvalue weighted by Gasteiger charge is -2.33. The van der Waals surface area contributed by atoms with Gasteiger partial charge in [-0.3, -0.25) is 14.6 Å². The number of hydrogen-bond acceptors (Lipinski definition) is 6. The minimum absolute atomic E-state index is 0.0483. The molecule has 10 heteroatoms. The number of anilines is 1. The van der Waals surface area contributed by atoms with E-state index >= 15 is 0 Å². The van der Waals surface area contributed by atoms with Crippen LogP contribution in [0.3, 0.4) is 0 Å². The number of methoxy groups -OCH3 is 1. The molecule has 1 aliphatic rings. The third-order valence-electron chi connectivity index (χ3n) is 4.51. The summed E-state index contributed by atoms with van der Waals surface area (Å²) in [6.07, 6.45) is 0.964. The second-order valence-electron chi connectivity index (χ2n) is 7.23. The van der Waals surface area contributed by atoms with Gasteiger partial charge < -0.3 is 20.1 Å². The molecule has 0 spiro atoms. The number of rotatable bonds is 7. The third-order valence-corrected chi connectivity index (χ3v) is 4.51. The number of carbonyl (C=O) groups excluding carboxylic acids is 2. The number of aromatic nitrogens is 4. The van der Waals surface area contributed by atoms with Crippen molar-refractivity contribution in [1.82, 2.24) is 25.3 Å². The Morgan fingerprint density at radius 1 is 1.36 bits per heavy atom. The quantitative estimate of drug-likeness (QED) is 0.664. The number of ether oxygens (including phenoxy) is 2. The van der Waals surface area contributed by atoms with Gasteiger partial charge in [0.1, 0.15) is 11.8 Å². The van der Waals surface area contributed by atoms with Gasteiger partial charge in [0.25, 0.3) is 5.91 Å². The number of amides is 2. The minimum atomic E-state index is -0.389. The van der Waals surface area contributed by atoms with E-state index in [9.17, 15) is 9.59 Å². The maximum atomic E-state index is 12.4. The number of carbonyl (C=O) groups is 2. The lowest BCUT2D eigenvalue weighted by Crippen LogP contribution is -2.38. The highest BCUT2D eigenvalue weighted by molar-refractivity contribution is 6.02. The minimum Gasteiger partial charge on any atom is -0.446 e. The van der Waals surface area contributed by atoms with Crippen LogP contribution in [0.15, 0.2) is 12.1 Å². The Labute approximate surface area is 163 Å². The molecule has 2 aromatic rings. The molecule has 152 valence electrons. The van der Waals surface area contributed by atoms with Gasteiger partial charge in [-0.1, -0.05) is 0 Å². The van der Waals surface area contributed by atoms with E-state index in [4.69, 9.17) is 9.47 Å². The van der Waals surface area contributed by atoms with Crippen molar-refractivity contribution in [2.75, 3.05) is 12.4 Å². The largest absolute Gasteiger partial charge is 0.446 e. The van der Waals surface area contributed by atoms with Crippen LogP contribution in [0.1, 0.15) is 54.5 Å². The van der Waals surface area contributed by atoms with Crippen molar-refractivity contribution in [2.45, 2.75) is 51.4 Å². The summed E-state index contributed by atoms with van der Waals surface area (Å²) in [6, 6.07) is 3.54. The van der Waals surface area contributed by atoms with E-state index in [1.54, 1.807) is 26.3 Å². The van der Waals surface area contributed by atoms with Crippen LogP contribution >= 0.6 is 0 Å². The molecule has 0 bridgehead atoms. The second-order valence-corrected chi connectivity index (χ2v) is 7.23. The zero-order valence-electron chi connectivity index (χ0n) is 16.5. The molecule has 3 rings (SSSR count). The maximum Gasteiger partial charge on any atom is 0.407 e. The first-order valence-corrected chi connectivity index (χ1v) is 9.21. The Balaban J connectivity index is 1.51. The summed E-state index contributed by atoms with van der Waals surface area (Å²) in [7, 11) is 3.28. The monoisotopic (exact) mass is 390 g/mol. The molecule has 2 aromatic heterocycles. The lowest BCUT2D eigenvalue weighted by atomic mass is 9.80. The first kappa shape index (κ1) is 19.9. The topological polar surface area (TPSA) is 123 Å². The molecule has 0 atom stereocenters. The molecule has 0 unspecified atom stereocenters. The summed E-state index contributed by atoms with van der Waals surface area (Å²) in [6.45, 7) is 4.11. The fraction of sp³-hybridized carbons (Fsp3) is 0.556. The van der Waals surface area contributed by atoms with Gasteiger partial charge in [-0.15, -0.1) is 0 Å². The van der Waals surface area contributed by atoms with Crippen LogP contribution in [0.4, 0.5) is 10.6 Å². The Morgan fingerprint density at radius 2 is 2.11 bits per heavy atom. The van der Waals surface area contributed by atoms with Gasteiger partial charge in [-0.05, 0) is 32.8 Å². The second kappa shape index (κ2) is 8.42. The Morgan fingerprint density at radius 3 is 2.79 bits per heavy atom. The number of alkyl carbamates (subject to hydrolysis) is 1. The van der Waals surface area contributed by atoms with E-state index in [2.05, 4.69) is 25.9 Å². The molecule has 28 heavy (non-hydrogen) atoms. The lowest BCUT2D eigenvalue weighted by molar-refractivity contribution is 0.0374. The van der Waals surface area contributed by atoms with E-state index in [-0.39, 0.29) is 30.1 Å². The number of nitrogens with zero attached hydrogens (tertiary/aromatic N) is 3. The highest BCUT2D eigenvalue weighted by atomic mass is 16.6. The molecule has 10 nitrogen and oxygen atoms in total. The van der Waals surface area contributed by atoms with Crippen LogP contribution in [0.2, 0.25) is 0 Å². The molecule has 1 fully saturated rings. The van der Waals surface area contributed by atoms with Gasteiger partial charge in [-0.25, -0.2) is 4.79 Å². The van der Waals surface area contributed by atoms with Crippen molar-refractivity contribution >= 4 is 17.8 Å². The Hall–Kier alpha value is -2.88. The summed E-state index contributed by atoms with van der Waals surface area (Å²) in [4.78, 5) is 24.1. The summed E-state index contributed by atoms with van der Waals surface area (Å²) >= 11 is 0. The maximum absolute atomic E-state index is 12.4. The SMILES string of the molecule is COCc1cc(C(=O)Nc2cc(C3CC(OC(=O)NC(C)C)C3)[nH]n2)n(C)n1. The van der Waals surface area contributed by atoms with Crippen molar-refractivity contribution < 1.29 is 19.1 Å². The fourth-order valence-corrected chi connectivity index (χ4v) is 3.08. The molecule has 2 amide bonds. The third kappa shape index (κ3) is 4.69. The summed E-state index contributed by atoms with van der Waals surface area (Å²) in [5.41, 5.74) is 2.01. The van der Waals surface area contributed by atoms with Gasteiger partial charge in [0.15, 0.2) is 5.82 Å². The zero-order chi connectivity index (χ0) is 20.3. The van der Waals surface area contributed by atoms with Crippen molar-refractivity contribution in [3.8, 4) is 0 Å². The predicted molar refractivity (Wildman–Crippen MR) is 101 cm³/mol. The molecule has 0 aliphatic heterocycles. The predicted octanol–water partition coefficient (Wildman–Crippen LogP) is 1.92. The van der Waals surface area contributed by atoms with Crippen molar-refractivity contribution in [2.24, 2.45) is 7.05 Å². The average Bonchev–Trinajstić information content (AvgIpc) is 3.16. The number of aryl methyl sites for hydroxylation is 1. The van der Waals surface area contributed by atoms with Crippen molar-refractivity contribution in [1.29, 1.82) is 0 Å². The number of nitrogens with one attached hydrogen (secondary N) is 3. The molecule has 2 heterocycles. The van der Waals surface area contributed by atoms with Crippen LogP contribution in [-0.4, -0.2) is 51.2 Å². The summed E-state index contributed by atoms with van der Waals surface area (Å²) < 4.78 is 11.9. The smallest absolute Gasteiger partial charge is 0.407 e. The van der Waals surface area contributed by atoms with Crippen LogP contribution in [-0.2, 0) is 23.1 Å². The van der Waals surface area contributed by atoms with Crippen molar-refractivity contribution in [3.63, 3.8) is 0 Å². The number of hydrogen-bond donors (Lipinski definition) is 3. The standard InChI is InChI=1S/C18H26N6O4/c1-10(2)19-18(26)28-13-5-11(6-13)14-8-16(22-21-14)20-17(25)15-7-12(9-27-4)23-24(15)3/h7-8,10-11,13H,5-6,9H2,1-4H3,(H,19,26)(H2,20,21,22,25). The molecular weight excluding hydrogens is 364 g/mol. The van der Waals surface area contributed by atoms with E-state index in [1.165, 1.54) is 4.68 Å². The van der Waals surface area contributed by atoms with Gasteiger partial charge in [0.05, 0.1) is 12.3 Å². The fourth-order valence-electron chi connectivity index (χ4n) is 3.08. The normalized spacial score (nSPS) is 18.6. The van der Waals surface area contributed by atoms with E-state index in [0.717, 1.165) is 18.5 Å². The number of H-pyrrole nitrogens is 1. The van der Waals surface area contributed by atoms with Crippen LogP contribution in [0, 0.1) is 0 Å². The van der Waals surface area contributed by atoms with E-state index < -0.39 is 0 Å². The molecule has 3 N–H and O–H groups in total. The molecule has 0 radical (unpaired) electrons. The highest BCUT2D eigenvalue weighted by Gasteiger charge is 2.34. The first-order chi connectivity index (χ1) is 13.4. The number of aromatic amines is 1. The summed E-state index contributed by atoms with van der Waals surface area (Å²) in [5.74, 6) is 0.368. The first-order valence-electron chi connectivity index (χ1n) is 9.21. The average molecular weight is 390 g/mol. The van der Waals surface area contributed by atoms with Gasteiger partial charge in [0.2, 0.25) is 0 Å². The van der Waals surface area contributed by atoms with Crippen LogP contribution < -0.4 is 10.6 Å². The zero-order valence-corrected chi connectivity index (χ0v) is 16.5. The van der Waals surface area contributed by atoms with Crippen LogP contribution in [0.5, 0.6) is 0 Å². The van der Waals surface area contributed by atoms with E-state index in [0.29, 0.717) is 23.8 Å². The van der Waals surface area contributed by atoms with Gasteiger partial charge in [-0.2, -0.15) is 10.2 Å². The molecule has 1 saturated carbocycles. The summed E-state index contributed by atoms with van der Waals surface area (Å²) in [5, 5.41) is 16.8. The van der Waals surface area contributed by atoms with Crippen molar-refractivity contribution in [3.05, 3.63) is 29.2 Å². The highest BCUT2D eigenvalue weighted by Crippen LogP contribution is 2.38. The molecular formula is C18H26N6O4. The van der Waals surface area contributed by atoms with Crippen LogP contribution in [0.25, 0.3) is 0 Å². The Bertz CT molecular complexity index is 837.